The van der Waals surface area contributed by atoms with Crippen LogP contribution in [0.1, 0.15) is 75.5 Å². The third-order valence-corrected chi connectivity index (χ3v) is 12.4. The first-order valence-corrected chi connectivity index (χ1v) is 19.6. The first kappa shape index (κ1) is 34.5. The van der Waals surface area contributed by atoms with Gasteiger partial charge in [0, 0.05) is 24.0 Å². The maximum Gasteiger partial charge on any atom is 0.244 e. The molecule has 4 fully saturated rings. The zero-order valence-corrected chi connectivity index (χ0v) is 29.8. The second-order valence-corrected chi connectivity index (χ2v) is 17.0. The molecule has 0 aliphatic heterocycles. The van der Waals surface area contributed by atoms with Gasteiger partial charge in [0.05, 0.1) is 11.9 Å². The summed E-state index contributed by atoms with van der Waals surface area (Å²) in [6, 6.07) is 23.7. The van der Waals surface area contributed by atoms with E-state index in [-0.39, 0.29) is 30.3 Å². The Bertz CT molecular complexity index is 1680. The number of hydrogen-bond donors (Lipinski definition) is 1. The summed E-state index contributed by atoms with van der Waals surface area (Å²) in [5, 5.41) is 3.58. The lowest BCUT2D eigenvalue weighted by Gasteiger charge is -2.57. The molecule has 4 aliphatic carbocycles. The third-order valence-electron chi connectivity index (χ3n) is 11.0. The minimum absolute atomic E-state index is 0.0907. The highest BCUT2D eigenvalue weighted by molar-refractivity contribution is 7.92. The predicted octanol–water partition coefficient (Wildman–Crippen LogP) is 7.13. The number of amides is 2. The molecular formula is C39H48ClN3O4S. The normalized spacial score (nSPS) is 24.1. The predicted molar refractivity (Wildman–Crippen MR) is 192 cm³/mol. The first-order chi connectivity index (χ1) is 22.9. The number of carbonyl (C=O) groups excluding carboxylic acids is 2. The van der Waals surface area contributed by atoms with Gasteiger partial charge in [-0.05, 0) is 116 Å². The van der Waals surface area contributed by atoms with E-state index < -0.39 is 28.5 Å². The summed E-state index contributed by atoms with van der Waals surface area (Å²) in [7, 11) is -3.85. The molecule has 3 aromatic rings. The minimum Gasteiger partial charge on any atom is -0.352 e. The molecule has 0 aromatic heterocycles. The highest BCUT2D eigenvalue weighted by Gasteiger charge is 2.51. The molecule has 1 N–H and O–H groups in total. The number of halogens is 1. The van der Waals surface area contributed by atoms with Crippen LogP contribution in [0, 0.1) is 17.8 Å². The van der Waals surface area contributed by atoms with Crippen LogP contribution >= 0.6 is 11.6 Å². The molecule has 256 valence electrons. The number of benzene rings is 3. The maximum absolute atomic E-state index is 14.5. The Morgan fingerprint density at radius 3 is 2.06 bits per heavy atom. The van der Waals surface area contributed by atoms with Crippen molar-refractivity contribution in [3.63, 3.8) is 0 Å². The Balaban J connectivity index is 1.31. The number of nitrogens with one attached hydrogen (secondary N) is 1. The Labute approximate surface area is 291 Å². The summed E-state index contributed by atoms with van der Waals surface area (Å²) in [6.45, 7) is 3.58. The average molecular weight is 690 g/mol. The molecule has 0 saturated heterocycles. The number of sulfonamides is 1. The fourth-order valence-electron chi connectivity index (χ4n) is 8.89. The molecule has 48 heavy (non-hydrogen) atoms. The van der Waals surface area contributed by atoms with Gasteiger partial charge in [0.2, 0.25) is 21.8 Å². The topological polar surface area (TPSA) is 86.8 Å². The van der Waals surface area contributed by atoms with Gasteiger partial charge < -0.3 is 10.2 Å². The van der Waals surface area contributed by atoms with Gasteiger partial charge in [-0.3, -0.25) is 13.9 Å². The Hall–Kier alpha value is -3.36. The van der Waals surface area contributed by atoms with Gasteiger partial charge in [0.25, 0.3) is 0 Å². The Morgan fingerprint density at radius 2 is 1.50 bits per heavy atom. The van der Waals surface area contributed by atoms with Gasteiger partial charge >= 0.3 is 0 Å². The van der Waals surface area contributed by atoms with Gasteiger partial charge in [-0.2, -0.15) is 0 Å². The van der Waals surface area contributed by atoms with Crippen LogP contribution in [-0.4, -0.2) is 50.0 Å². The van der Waals surface area contributed by atoms with E-state index in [1.165, 1.54) is 53.3 Å². The van der Waals surface area contributed by atoms with E-state index in [9.17, 15) is 18.0 Å². The zero-order valence-electron chi connectivity index (χ0n) is 28.3. The molecule has 0 unspecified atom stereocenters. The highest BCUT2D eigenvalue weighted by atomic mass is 35.5. The largest absolute Gasteiger partial charge is 0.352 e. The molecule has 7 nitrogen and oxygen atoms in total. The molecule has 0 heterocycles. The van der Waals surface area contributed by atoms with E-state index in [1.807, 2.05) is 62.4 Å². The second kappa shape index (κ2) is 14.2. The monoisotopic (exact) mass is 689 g/mol. The minimum atomic E-state index is -3.85. The quantitative estimate of drug-likeness (QED) is 0.207. The molecular weight excluding hydrogens is 642 g/mol. The van der Waals surface area contributed by atoms with E-state index in [0.717, 1.165) is 41.6 Å². The zero-order chi connectivity index (χ0) is 34.1. The van der Waals surface area contributed by atoms with E-state index in [4.69, 9.17) is 11.6 Å². The van der Waals surface area contributed by atoms with Crippen LogP contribution in [0.4, 0.5) is 5.69 Å². The molecule has 4 aliphatic rings. The van der Waals surface area contributed by atoms with Crippen LogP contribution < -0.4 is 9.62 Å². The van der Waals surface area contributed by atoms with Gasteiger partial charge in [-0.1, -0.05) is 73.1 Å². The lowest BCUT2D eigenvalue weighted by atomic mass is 9.48. The number of rotatable bonds is 13. The van der Waals surface area contributed by atoms with Crippen LogP contribution in [0.2, 0.25) is 5.02 Å². The molecule has 2 atom stereocenters. The standard InChI is InChI=1S/C39H48ClN3O4S/c1-4-27(2)41-38(45)36(21-28-9-6-5-7-10-28)42(25-29-11-8-12-34(40)20-29)37(44)26-43(48(3,46)47)35-15-13-33(14-16-35)39-22-30-17-31(23-39)19-32(18-30)24-39/h5-16,20,27,30-32,36H,4,17-19,21-26H2,1-3H3,(H,41,45)/t27-,30?,31?,32?,36+,39?/m1/s1. The van der Waals surface area contributed by atoms with Crippen LogP contribution in [0.3, 0.4) is 0 Å². The molecule has 7 rings (SSSR count). The molecule has 4 bridgehead atoms. The molecule has 0 spiro atoms. The van der Waals surface area contributed by atoms with Crippen molar-refractivity contribution in [3.05, 3.63) is 101 Å². The van der Waals surface area contributed by atoms with E-state index in [2.05, 4.69) is 17.4 Å². The molecule has 4 saturated carbocycles. The first-order valence-electron chi connectivity index (χ1n) is 17.4. The highest BCUT2D eigenvalue weighted by Crippen LogP contribution is 2.60. The Morgan fingerprint density at radius 1 is 0.896 bits per heavy atom. The lowest BCUT2D eigenvalue weighted by molar-refractivity contribution is -0.140. The SMILES string of the molecule is CC[C@@H](C)NC(=O)[C@H](Cc1ccccc1)N(Cc1cccc(Cl)c1)C(=O)CN(c1ccc(C23CC4CC(CC(C4)C2)C3)cc1)S(C)(=O)=O. The summed E-state index contributed by atoms with van der Waals surface area (Å²) in [4.78, 5) is 29.9. The fraction of sp³-hybridized carbons (Fsp3) is 0.487. The number of nitrogens with zero attached hydrogens (tertiary/aromatic N) is 2. The number of carbonyl (C=O) groups is 2. The van der Waals surface area contributed by atoms with E-state index in [0.29, 0.717) is 10.7 Å². The third kappa shape index (κ3) is 7.76. The van der Waals surface area contributed by atoms with Gasteiger partial charge in [-0.15, -0.1) is 0 Å². The summed E-state index contributed by atoms with van der Waals surface area (Å²) in [6.07, 6.45) is 9.84. The van der Waals surface area contributed by atoms with Crippen LogP contribution in [0.25, 0.3) is 0 Å². The number of anilines is 1. The van der Waals surface area contributed by atoms with E-state index >= 15 is 0 Å². The van der Waals surface area contributed by atoms with Gasteiger partial charge in [-0.25, -0.2) is 8.42 Å². The van der Waals surface area contributed by atoms with Crippen molar-refractivity contribution in [1.82, 2.24) is 10.2 Å². The molecule has 2 amide bonds. The van der Waals surface area contributed by atoms with Gasteiger partial charge in [0.1, 0.15) is 12.6 Å². The van der Waals surface area contributed by atoms with Crippen molar-refractivity contribution in [2.75, 3.05) is 17.1 Å². The molecule has 0 radical (unpaired) electrons. The smallest absolute Gasteiger partial charge is 0.244 e. The van der Waals surface area contributed by atoms with E-state index in [1.54, 1.807) is 18.2 Å². The van der Waals surface area contributed by atoms with Crippen LogP contribution in [-0.2, 0) is 38.0 Å². The van der Waals surface area contributed by atoms with Gasteiger partial charge in [0.15, 0.2) is 0 Å². The van der Waals surface area contributed by atoms with Crippen molar-refractivity contribution >= 4 is 39.1 Å². The summed E-state index contributed by atoms with van der Waals surface area (Å²) in [5.41, 5.74) is 3.56. The summed E-state index contributed by atoms with van der Waals surface area (Å²) in [5.74, 6) is 1.65. The lowest BCUT2D eigenvalue weighted by Crippen LogP contribution is -2.54. The van der Waals surface area contributed by atoms with Crippen molar-refractivity contribution in [2.24, 2.45) is 17.8 Å². The van der Waals surface area contributed by atoms with Crippen molar-refractivity contribution < 1.29 is 18.0 Å². The van der Waals surface area contributed by atoms with Crippen LogP contribution in [0.5, 0.6) is 0 Å². The second-order valence-electron chi connectivity index (χ2n) is 14.7. The average Bonchev–Trinajstić information content (AvgIpc) is 3.04. The van der Waals surface area contributed by atoms with Crippen molar-refractivity contribution in [1.29, 1.82) is 0 Å². The maximum atomic E-state index is 14.5. The molecule has 3 aromatic carbocycles. The Kier molecular flexibility index (Phi) is 10.2. The summed E-state index contributed by atoms with van der Waals surface area (Å²) >= 11 is 6.33. The number of hydrogen-bond acceptors (Lipinski definition) is 4. The fourth-order valence-corrected chi connectivity index (χ4v) is 9.95. The van der Waals surface area contributed by atoms with Crippen molar-refractivity contribution in [2.45, 2.75) is 89.3 Å². The van der Waals surface area contributed by atoms with Crippen molar-refractivity contribution in [3.8, 4) is 0 Å². The summed E-state index contributed by atoms with van der Waals surface area (Å²) < 4.78 is 27.9. The van der Waals surface area contributed by atoms with Crippen LogP contribution in [0.15, 0.2) is 78.9 Å². The molecule has 9 heteroatoms.